The van der Waals surface area contributed by atoms with Gasteiger partial charge in [-0.05, 0) is 49.0 Å². The van der Waals surface area contributed by atoms with Crippen molar-refractivity contribution in [1.29, 1.82) is 0 Å². The van der Waals surface area contributed by atoms with Crippen LogP contribution in [-0.4, -0.2) is 25.2 Å². The van der Waals surface area contributed by atoms with Gasteiger partial charge in [-0.3, -0.25) is 9.59 Å². The number of benzene rings is 2. The van der Waals surface area contributed by atoms with E-state index < -0.39 is 17.4 Å². The Balaban J connectivity index is 2.09. The fraction of sp³-hybridized carbons (Fsp3) is 0.280. The zero-order valence-corrected chi connectivity index (χ0v) is 16.9. The molecular formula is C25H26O4. The van der Waals surface area contributed by atoms with Gasteiger partial charge in [-0.1, -0.05) is 72.8 Å². The molecule has 1 fully saturated rings. The number of hydrogen-bond acceptors (Lipinski definition) is 4. The molecule has 0 amide bonds. The highest BCUT2D eigenvalue weighted by molar-refractivity contribution is 6.02. The summed E-state index contributed by atoms with van der Waals surface area (Å²) in [5, 5.41) is 0. The molecule has 2 aromatic carbocycles. The molecule has 0 N–H and O–H groups in total. The lowest BCUT2D eigenvalue weighted by Crippen LogP contribution is -2.39. The lowest BCUT2D eigenvalue weighted by atomic mass is 9.85. The second-order valence-corrected chi connectivity index (χ2v) is 7.04. The topological polar surface area (TPSA) is 52.6 Å². The van der Waals surface area contributed by atoms with Crippen LogP contribution in [0, 0.1) is 5.41 Å². The van der Waals surface area contributed by atoms with Crippen LogP contribution in [0.5, 0.6) is 0 Å². The predicted molar refractivity (Wildman–Crippen MR) is 114 cm³/mol. The highest BCUT2D eigenvalue weighted by Gasteiger charge is 2.54. The molecule has 3 rings (SSSR count). The summed E-state index contributed by atoms with van der Waals surface area (Å²) in [6.45, 7) is 3.92. The van der Waals surface area contributed by atoms with E-state index >= 15 is 0 Å². The summed E-state index contributed by atoms with van der Waals surface area (Å²) in [6.07, 6.45) is 4.60. The summed E-state index contributed by atoms with van der Waals surface area (Å²) in [7, 11) is 0. The van der Waals surface area contributed by atoms with Gasteiger partial charge in [-0.15, -0.1) is 0 Å². The summed E-state index contributed by atoms with van der Waals surface area (Å²) < 4.78 is 10.6. The van der Waals surface area contributed by atoms with Crippen LogP contribution in [0.1, 0.15) is 37.8 Å². The predicted octanol–water partition coefficient (Wildman–Crippen LogP) is 5.06. The Kier molecular flexibility index (Phi) is 6.65. The van der Waals surface area contributed by atoms with Crippen molar-refractivity contribution in [2.75, 3.05) is 13.2 Å². The van der Waals surface area contributed by atoms with Gasteiger partial charge < -0.3 is 9.47 Å². The van der Waals surface area contributed by atoms with E-state index in [1.54, 1.807) is 13.8 Å². The first-order valence-corrected chi connectivity index (χ1v) is 9.95. The maximum atomic E-state index is 12.9. The van der Waals surface area contributed by atoms with Gasteiger partial charge in [0, 0.05) is 0 Å². The third-order valence-corrected chi connectivity index (χ3v) is 5.01. The van der Waals surface area contributed by atoms with Crippen molar-refractivity contribution >= 4 is 24.1 Å². The van der Waals surface area contributed by atoms with E-state index in [4.69, 9.17) is 9.47 Å². The minimum Gasteiger partial charge on any atom is -0.465 e. The first kappa shape index (κ1) is 20.6. The molecule has 1 aliphatic rings. The Morgan fingerprint density at radius 2 is 1.14 bits per heavy atom. The van der Waals surface area contributed by atoms with Crippen LogP contribution in [0.25, 0.3) is 12.2 Å². The smallest absolute Gasteiger partial charge is 0.324 e. The third-order valence-electron chi connectivity index (χ3n) is 5.01. The number of carbonyl (C=O) groups is 2. The maximum Gasteiger partial charge on any atom is 0.324 e. The molecule has 4 nitrogen and oxygen atoms in total. The number of rotatable bonds is 6. The fourth-order valence-electron chi connectivity index (χ4n) is 3.64. The van der Waals surface area contributed by atoms with E-state index in [0.29, 0.717) is 0 Å². The Hall–Kier alpha value is -3.14. The molecule has 0 saturated heterocycles. The first-order valence-electron chi connectivity index (χ1n) is 9.95. The van der Waals surface area contributed by atoms with Crippen molar-refractivity contribution in [2.45, 2.75) is 26.7 Å². The van der Waals surface area contributed by atoms with Gasteiger partial charge in [-0.25, -0.2) is 0 Å². The minimum absolute atomic E-state index is 0.218. The zero-order valence-electron chi connectivity index (χ0n) is 16.9. The number of allylic oxidation sites excluding steroid dienone is 2. The van der Waals surface area contributed by atoms with Crippen LogP contribution in [0.15, 0.2) is 71.8 Å². The van der Waals surface area contributed by atoms with Crippen molar-refractivity contribution in [2.24, 2.45) is 5.41 Å². The number of ether oxygens (including phenoxy) is 2. The van der Waals surface area contributed by atoms with Crippen molar-refractivity contribution in [1.82, 2.24) is 0 Å². The second kappa shape index (κ2) is 9.37. The lowest BCUT2D eigenvalue weighted by molar-refractivity contribution is -0.171. The van der Waals surface area contributed by atoms with E-state index in [9.17, 15) is 9.59 Å². The zero-order chi connectivity index (χ0) is 20.7. The lowest BCUT2D eigenvalue weighted by Gasteiger charge is -2.23. The largest absolute Gasteiger partial charge is 0.465 e. The average Bonchev–Trinajstić information content (AvgIpc) is 3.09. The Morgan fingerprint density at radius 3 is 1.48 bits per heavy atom. The van der Waals surface area contributed by atoms with Crippen LogP contribution >= 0.6 is 0 Å². The van der Waals surface area contributed by atoms with Crippen LogP contribution < -0.4 is 0 Å². The van der Waals surface area contributed by atoms with Gasteiger partial charge in [-0.2, -0.15) is 0 Å². The summed E-state index contributed by atoms with van der Waals surface area (Å²) in [6, 6.07) is 19.8. The highest BCUT2D eigenvalue weighted by Crippen LogP contribution is 2.48. The summed E-state index contributed by atoms with van der Waals surface area (Å²) in [5.41, 5.74) is 2.59. The van der Waals surface area contributed by atoms with Crippen LogP contribution in [0.3, 0.4) is 0 Å². The molecular weight excluding hydrogens is 364 g/mol. The SMILES string of the molecule is CCOC(=O)C1(C(=O)OCC)CC(=C/c2ccccc2)/C(=C/c2ccccc2)C1. The molecule has 1 aliphatic carbocycles. The van der Waals surface area contributed by atoms with Gasteiger partial charge in [0.05, 0.1) is 13.2 Å². The van der Waals surface area contributed by atoms with Crippen LogP contribution in [0.4, 0.5) is 0 Å². The van der Waals surface area contributed by atoms with Gasteiger partial charge >= 0.3 is 11.9 Å². The van der Waals surface area contributed by atoms with E-state index in [2.05, 4.69) is 0 Å². The van der Waals surface area contributed by atoms with E-state index in [1.165, 1.54) is 0 Å². The quantitative estimate of drug-likeness (QED) is 0.511. The Morgan fingerprint density at radius 1 is 0.759 bits per heavy atom. The third kappa shape index (κ3) is 4.65. The first-order chi connectivity index (χ1) is 14.1. The molecule has 0 aromatic heterocycles. The fourth-order valence-corrected chi connectivity index (χ4v) is 3.64. The summed E-state index contributed by atoms with van der Waals surface area (Å²) in [5.74, 6) is -1.04. The molecule has 0 heterocycles. The molecule has 2 aromatic rings. The van der Waals surface area contributed by atoms with Gasteiger partial charge in [0.2, 0.25) is 0 Å². The monoisotopic (exact) mass is 390 g/mol. The number of hydrogen-bond donors (Lipinski definition) is 0. The van der Waals surface area contributed by atoms with E-state index in [0.717, 1.165) is 22.3 Å². The molecule has 0 unspecified atom stereocenters. The molecule has 0 bridgehead atoms. The van der Waals surface area contributed by atoms with Crippen LogP contribution in [0.2, 0.25) is 0 Å². The normalized spacial score (nSPS) is 18.0. The molecule has 29 heavy (non-hydrogen) atoms. The molecule has 0 atom stereocenters. The highest BCUT2D eigenvalue weighted by atomic mass is 16.6. The summed E-state index contributed by atoms with van der Waals surface area (Å²) in [4.78, 5) is 25.8. The molecule has 0 spiro atoms. The number of carbonyl (C=O) groups excluding carboxylic acids is 2. The standard InChI is InChI=1S/C25H26O4/c1-3-28-23(26)25(24(27)29-4-2)17-21(15-19-11-7-5-8-12-19)22(18-25)16-20-13-9-6-10-14-20/h5-16H,3-4,17-18H2,1-2H3/b21-15-,22-16+. The molecule has 0 aliphatic heterocycles. The molecule has 1 saturated carbocycles. The number of esters is 2. The van der Waals surface area contributed by atoms with E-state index in [-0.39, 0.29) is 26.1 Å². The maximum absolute atomic E-state index is 12.9. The van der Waals surface area contributed by atoms with Crippen molar-refractivity contribution in [3.05, 3.63) is 82.9 Å². The average molecular weight is 390 g/mol. The van der Waals surface area contributed by atoms with Crippen molar-refractivity contribution < 1.29 is 19.1 Å². The van der Waals surface area contributed by atoms with Gasteiger partial charge in [0.15, 0.2) is 5.41 Å². The molecule has 0 radical (unpaired) electrons. The second-order valence-electron chi connectivity index (χ2n) is 7.04. The van der Waals surface area contributed by atoms with Crippen molar-refractivity contribution in [3.8, 4) is 0 Å². The Labute approximate surface area is 171 Å². The van der Waals surface area contributed by atoms with Gasteiger partial charge in [0.1, 0.15) is 0 Å². The van der Waals surface area contributed by atoms with E-state index in [1.807, 2.05) is 72.8 Å². The van der Waals surface area contributed by atoms with Crippen LogP contribution in [-0.2, 0) is 19.1 Å². The van der Waals surface area contributed by atoms with Crippen molar-refractivity contribution in [3.63, 3.8) is 0 Å². The minimum atomic E-state index is -1.34. The Bertz CT molecular complexity index is 833. The summed E-state index contributed by atoms with van der Waals surface area (Å²) >= 11 is 0. The van der Waals surface area contributed by atoms with Gasteiger partial charge in [0.25, 0.3) is 0 Å². The molecule has 4 heteroatoms. The molecule has 150 valence electrons.